The van der Waals surface area contributed by atoms with Gasteiger partial charge in [-0.05, 0) is 43.9 Å². The normalized spacial score (nSPS) is 17.2. The molecule has 0 atom stereocenters. The van der Waals surface area contributed by atoms with Crippen LogP contribution >= 0.6 is 0 Å². The first-order valence-corrected chi connectivity index (χ1v) is 11.1. The predicted molar refractivity (Wildman–Crippen MR) is 125 cm³/mol. The van der Waals surface area contributed by atoms with Crippen LogP contribution in [0.2, 0.25) is 0 Å². The standard InChI is InChI=1S/C24H26N6O5/c1-32-20-10-14(11-21(33-2)22(20)34-3)17-12-18(30-29-17)23(31)28-15-4-6-16(7-5-15)35-24-19(13-25)26-8-9-27-24/h8-12,15-16H,4-7H2,1-3H3,(H,28,31)(H,29,30). The molecule has 0 unspecified atom stereocenters. The molecule has 3 aromatic rings. The molecule has 0 saturated heterocycles. The van der Waals surface area contributed by atoms with E-state index in [1.807, 2.05) is 6.07 Å². The van der Waals surface area contributed by atoms with E-state index < -0.39 is 0 Å². The van der Waals surface area contributed by atoms with Crippen molar-refractivity contribution in [1.29, 1.82) is 5.26 Å². The summed E-state index contributed by atoms with van der Waals surface area (Å²) in [7, 11) is 4.62. The molecule has 0 radical (unpaired) electrons. The molecule has 2 N–H and O–H groups in total. The van der Waals surface area contributed by atoms with E-state index in [-0.39, 0.29) is 29.6 Å². The van der Waals surface area contributed by atoms with E-state index in [0.717, 1.165) is 25.7 Å². The summed E-state index contributed by atoms with van der Waals surface area (Å²) in [6.45, 7) is 0. The molecule has 1 fully saturated rings. The molecule has 1 amide bonds. The monoisotopic (exact) mass is 478 g/mol. The Morgan fingerprint density at radius 3 is 2.34 bits per heavy atom. The van der Waals surface area contributed by atoms with E-state index in [4.69, 9.17) is 24.2 Å². The Morgan fingerprint density at radius 1 is 1.03 bits per heavy atom. The summed E-state index contributed by atoms with van der Waals surface area (Å²) < 4.78 is 22.0. The number of benzene rings is 1. The molecule has 2 aromatic heterocycles. The highest BCUT2D eigenvalue weighted by molar-refractivity contribution is 5.93. The number of amides is 1. The van der Waals surface area contributed by atoms with Crippen LogP contribution in [0.4, 0.5) is 0 Å². The lowest BCUT2D eigenvalue weighted by Gasteiger charge is -2.29. The van der Waals surface area contributed by atoms with Crippen molar-refractivity contribution in [3.63, 3.8) is 0 Å². The molecule has 11 nitrogen and oxygen atoms in total. The SMILES string of the molecule is COc1cc(-c2cc(C(=O)NC3CCC(Oc4nccnc4C#N)CC3)[nH]n2)cc(OC)c1OC. The van der Waals surface area contributed by atoms with Crippen LogP contribution in [0.5, 0.6) is 23.1 Å². The number of nitrogens with zero attached hydrogens (tertiary/aromatic N) is 4. The summed E-state index contributed by atoms with van der Waals surface area (Å²) in [5, 5.41) is 19.3. The molecule has 11 heteroatoms. The van der Waals surface area contributed by atoms with Gasteiger partial charge in [-0.3, -0.25) is 9.89 Å². The third kappa shape index (κ3) is 5.27. The van der Waals surface area contributed by atoms with Crippen LogP contribution < -0.4 is 24.3 Å². The number of hydrogen-bond donors (Lipinski definition) is 2. The highest BCUT2D eigenvalue weighted by atomic mass is 16.5. The summed E-state index contributed by atoms with van der Waals surface area (Å²) in [6.07, 6.45) is 5.82. The third-order valence-corrected chi connectivity index (χ3v) is 5.84. The molecule has 4 rings (SSSR count). The van der Waals surface area contributed by atoms with Crippen molar-refractivity contribution in [2.24, 2.45) is 0 Å². The maximum atomic E-state index is 12.8. The van der Waals surface area contributed by atoms with Crippen molar-refractivity contribution < 1.29 is 23.7 Å². The van der Waals surface area contributed by atoms with Crippen LogP contribution in [0.25, 0.3) is 11.3 Å². The number of aromatic amines is 1. The minimum Gasteiger partial charge on any atom is -0.493 e. The van der Waals surface area contributed by atoms with Gasteiger partial charge in [-0.1, -0.05) is 0 Å². The number of carbonyl (C=O) groups excluding carboxylic acids is 1. The van der Waals surface area contributed by atoms with Gasteiger partial charge in [0.15, 0.2) is 11.5 Å². The summed E-state index contributed by atoms with van der Waals surface area (Å²) in [5.41, 5.74) is 1.81. The lowest BCUT2D eigenvalue weighted by molar-refractivity contribution is 0.0884. The van der Waals surface area contributed by atoms with Crippen LogP contribution in [-0.4, -0.2) is 59.5 Å². The fourth-order valence-corrected chi connectivity index (χ4v) is 4.05. The number of methoxy groups -OCH3 is 3. The molecule has 0 spiro atoms. The number of H-pyrrole nitrogens is 1. The second-order valence-corrected chi connectivity index (χ2v) is 7.97. The highest BCUT2D eigenvalue weighted by Gasteiger charge is 2.26. The Labute approximate surface area is 202 Å². The van der Waals surface area contributed by atoms with Gasteiger partial charge >= 0.3 is 0 Å². The Kier molecular flexibility index (Phi) is 7.30. The number of carbonyl (C=O) groups is 1. The number of ether oxygens (including phenoxy) is 4. The maximum absolute atomic E-state index is 12.8. The van der Waals surface area contributed by atoms with E-state index in [0.29, 0.717) is 34.2 Å². The minimum absolute atomic E-state index is 0.00701. The van der Waals surface area contributed by atoms with Gasteiger partial charge in [-0.2, -0.15) is 10.4 Å². The van der Waals surface area contributed by atoms with Crippen LogP contribution in [-0.2, 0) is 0 Å². The third-order valence-electron chi connectivity index (χ3n) is 5.84. The topological polar surface area (TPSA) is 144 Å². The Balaban J connectivity index is 1.37. The average molecular weight is 479 g/mol. The van der Waals surface area contributed by atoms with Gasteiger partial charge in [0.25, 0.3) is 11.8 Å². The molecule has 2 heterocycles. The highest BCUT2D eigenvalue weighted by Crippen LogP contribution is 2.40. The Morgan fingerprint density at radius 2 is 1.71 bits per heavy atom. The molecule has 182 valence electrons. The van der Waals surface area contributed by atoms with E-state index in [1.165, 1.54) is 19.5 Å². The largest absolute Gasteiger partial charge is 0.493 e. The molecular weight excluding hydrogens is 452 g/mol. The summed E-state index contributed by atoms with van der Waals surface area (Å²) >= 11 is 0. The molecule has 35 heavy (non-hydrogen) atoms. The maximum Gasteiger partial charge on any atom is 0.269 e. The minimum atomic E-state index is -0.235. The van der Waals surface area contributed by atoms with Crippen molar-refractivity contribution in [2.75, 3.05) is 21.3 Å². The summed E-state index contributed by atoms with van der Waals surface area (Å²) in [6, 6.07) is 7.22. The van der Waals surface area contributed by atoms with E-state index in [1.54, 1.807) is 32.4 Å². The number of nitriles is 1. The van der Waals surface area contributed by atoms with E-state index in [9.17, 15) is 4.79 Å². The quantitative estimate of drug-likeness (QED) is 0.499. The lowest BCUT2D eigenvalue weighted by atomic mass is 9.93. The summed E-state index contributed by atoms with van der Waals surface area (Å²) in [4.78, 5) is 20.9. The molecule has 0 aliphatic heterocycles. The second kappa shape index (κ2) is 10.7. The van der Waals surface area contributed by atoms with E-state index in [2.05, 4.69) is 25.5 Å². The first-order chi connectivity index (χ1) is 17.1. The van der Waals surface area contributed by atoms with Gasteiger partial charge in [-0.25, -0.2) is 9.97 Å². The molecule has 1 aromatic carbocycles. The smallest absolute Gasteiger partial charge is 0.269 e. The fraction of sp³-hybridized carbons (Fsp3) is 0.375. The Bertz CT molecular complexity index is 1200. The van der Waals surface area contributed by atoms with Gasteiger partial charge < -0.3 is 24.3 Å². The van der Waals surface area contributed by atoms with Gasteiger partial charge in [0.2, 0.25) is 11.4 Å². The first kappa shape index (κ1) is 23.8. The predicted octanol–water partition coefficient (Wildman–Crippen LogP) is 2.88. The zero-order valence-electron chi connectivity index (χ0n) is 19.7. The van der Waals surface area contributed by atoms with Crippen molar-refractivity contribution in [2.45, 2.75) is 37.8 Å². The molecule has 1 saturated carbocycles. The average Bonchev–Trinajstić information content (AvgIpc) is 3.40. The van der Waals surface area contributed by atoms with Gasteiger partial charge in [-0.15, -0.1) is 0 Å². The molecule has 1 aliphatic carbocycles. The van der Waals surface area contributed by atoms with Crippen LogP contribution in [0.1, 0.15) is 41.9 Å². The fourth-order valence-electron chi connectivity index (χ4n) is 4.05. The van der Waals surface area contributed by atoms with Crippen LogP contribution in [0, 0.1) is 11.3 Å². The zero-order valence-corrected chi connectivity index (χ0v) is 19.7. The van der Waals surface area contributed by atoms with Crippen molar-refractivity contribution >= 4 is 5.91 Å². The number of hydrogen-bond acceptors (Lipinski definition) is 9. The number of nitrogens with one attached hydrogen (secondary N) is 2. The summed E-state index contributed by atoms with van der Waals surface area (Å²) in [5.74, 6) is 1.49. The van der Waals surface area contributed by atoms with Crippen molar-refractivity contribution in [1.82, 2.24) is 25.5 Å². The molecule has 0 bridgehead atoms. The van der Waals surface area contributed by atoms with E-state index >= 15 is 0 Å². The van der Waals surface area contributed by atoms with Crippen molar-refractivity contribution in [3.05, 3.63) is 42.0 Å². The van der Waals surface area contributed by atoms with Crippen LogP contribution in [0.3, 0.4) is 0 Å². The lowest BCUT2D eigenvalue weighted by Crippen LogP contribution is -2.40. The number of rotatable bonds is 8. The Hall–Kier alpha value is -4.33. The van der Waals surface area contributed by atoms with Crippen LogP contribution in [0.15, 0.2) is 30.6 Å². The van der Waals surface area contributed by atoms with Crippen molar-refractivity contribution in [3.8, 4) is 40.5 Å². The number of aromatic nitrogens is 4. The van der Waals surface area contributed by atoms with Gasteiger partial charge in [0.1, 0.15) is 17.9 Å². The second-order valence-electron chi connectivity index (χ2n) is 7.97. The van der Waals surface area contributed by atoms with Gasteiger partial charge in [0, 0.05) is 24.0 Å². The molecular formula is C24H26N6O5. The zero-order chi connectivity index (χ0) is 24.8. The van der Waals surface area contributed by atoms with Gasteiger partial charge in [0.05, 0.1) is 27.0 Å². The molecule has 1 aliphatic rings. The first-order valence-electron chi connectivity index (χ1n) is 11.1.